The largest absolute Gasteiger partial charge is 0.490 e. The molecular weight excluding hydrogens is 502 g/mol. The number of carbonyl (C=O) groups is 1. The summed E-state index contributed by atoms with van der Waals surface area (Å²) >= 11 is 3.45. The quantitative estimate of drug-likeness (QED) is 0.162. The van der Waals surface area contributed by atoms with Crippen LogP contribution in [0.4, 0.5) is 11.4 Å². The van der Waals surface area contributed by atoms with E-state index in [1.54, 1.807) is 48.5 Å². The highest BCUT2D eigenvalue weighted by molar-refractivity contribution is 9.10. The highest BCUT2D eigenvalue weighted by Crippen LogP contribution is 2.35. The number of para-hydroxylation sites is 1. The standard InChI is InChI=1S/C25H20BrN3O5/c1-2-33-23-13-18(12-19(15-27)25(30)28-20-8-4-3-5-9-20)22(26)14-24(23)34-16-17-7-6-10-21(11-17)29(31)32/h3-14H,2,16H2,1H3,(H,28,30)/b19-12+. The molecule has 0 aromatic heterocycles. The van der Waals surface area contributed by atoms with Crippen molar-refractivity contribution in [3.63, 3.8) is 0 Å². The smallest absolute Gasteiger partial charge is 0.269 e. The number of rotatable bonds is 9. The van der Waals surface area contributed by atoms with Crippen LogP contribution in [0.2, 0.25) is 0 Å². The third-order valence-corrected chi connectivity index (χ3v) is 5.26. The Kier molecular flexibility index (Phi) is 8.37. The third-order valence-electron chi connectivity index (χ3n) is 4.58. The first-order valence-corrected chi connectivity index (χ1v) is 11.0. The summed E-state index contributed by atoms with van der Waals surface area (Å²) in [7, 11) is 0. The van der Waals surface area contributed by atoms with Crippen LogP contribution in [0.15, 0.2) is 76.8 Å². The molecule has 0 fully saturated rings. The minimum absolute atomic E-state index is 0.0226. The average molecular weight is 522 g/mol. The van der Waals surface area contributed by atoms with E-state index in [9.17, 15) is 20.2 Å². The van der Waals surface area contributed by atoms with Gasteiger partial charge in [0, 0.05) is 22.3 Å². The number of nitriles is 1. The molecule has 9 heteroatoms. The van der Waals surface area contributed by atoms with Crippen LogP contribution in [0.3, 0.4) is 0 Å². The SMILES string of the molecule is CCOc1cc(/C=C(\C#N)C(=O)Nc2ccccc2)c(Br)cc1OCc1cccc([N+](=O)[O-])c1. The van der Waals surface area contributed by atoms with Gasteiger partial charge in [0.2, 0.25) is 0 Å². The Bertz CT molecular complexity index is 1270. The first-order chi connectivity index (χ1) is 16.4. The second kappa shape index (κ2) is 11.6. The van der Waals surface area contributed by atoms with Crippen LogP contribution in [0.5, 0.6) is 11.5 Å². The number of halogens is 1. The number of hydrogen-bond donors (Lipinski definition) is 1. The number of benzene rings is 3. The van der Waals surface area contributed by atoms with Crippen molar-refractivity contribution in [1.82, 2.24) is 0 Å². The van der Waals surface area contributed by atoms with Gasteiger partial charge in [0.25, 0.3) is 11.6 Å². The van der Waals surface area contributed by atoms with Crippen LogP contribution in [0.1, 0.15) is 18.1 Å². The summed E-state index contributed by atoms with van der Waals surface area (Å²) < 4.78 is 12.1. The van der Waals surface area contributed by atoms with Crippen LogP contribution in [0.25, 0.3) is 6.08 Å². The average Bonchev–Trinajstić information content (AvgIpc) is 2.84. The highest BCUT2D eigenvalue weighted by Gasteiger charge is 2.15. The molecule has 3 aromatic carbocycles. The van der Waals surface area contributed by atoms with E-state index >= 15 is 0 Å². The van der Waals surface area contributed by atoms with E-state index in [1.165, 1.54) is 18.2 Å². The summed E-state index contributed by atoms with van der Waals surface area (Å²) in [6.07, 6.45) is 1.45. The Morgan fingerprint density at radius 1 is 1.12 bits per heavy atom. The first kappa shape index (κ1) is 24.5. The molecule has 0 atom stereocenters. The zero-order chi connectivity index (χ0) is 24.5. The van der Waals surface area contributed by atoms with Gasteiger partial charge in [0.15, 0.2) is 11.5 Å². The lowest BCUT2D eigenvalue weighted by Gasteiger charge is -2.14. The number of non-ortho nitro benzene ring substituents is 1. The molecule has 1 amide bonds. The van der Waals surface area contributed by atoms with Crippen molar-refractivity contribution in [2.24, 2.45) is 0 Å². The van der Waals surface area contributed by atoms with E-state index < -0.39 is 10.8 Å². The van der Waals surface area contributed by atoms with Crippen LogP contribution in [-0.4, -0.2) is 17.4 Å². The van der Waals surface area contributed by atoms with Gasteiger partial charge < -0.3 is 14.8 Å². The number of nitrogens with one attached hydrogen (secondary N) is 1. The van der Waals surface area contributed by atoms with Gasteiger partial charge >= 0.3 is 0 Å². The van der Waals surface area contributed by atoms with Gasteiger partial charge in [-0.15, -0.1) is 0 Å². The Hall–Kier alpha value is -4.16. The Morgan fingerprint density at radius 3 is 2.53 bits per heavy atom. The molecule has 3 aromatic rings. The summed E-state index contributed by atoms with van der Waals surface area (Å²) in [5.41, 5.74) is 1.64. The van der Waals surface area contributed by atoms with Crippen LogP contribution >= 0.6 is 15.9 Å². The molecule has 0 saturated carbocycles. The monoisotopic (exact) mass is 521 g/mol. The number of anilines is 1. The number of nitro benzene ring substituents is 1. The molecule has 1 N–H and O–H groups in total. The molecule has 34 heavy (non-hydrogen) atoms. The third kappa shape index (κ3) is 6.43. The number of ether oxygens (including phenoxy) is 2. The lowest BCUT2D eigenvalue weighted by atomic mass is 10.1. The molecule has 0 spiro atoms. The summed E-state index contributed by atoms with van der Waals surface area (Å²) in [5.74, 6) is 0.275. The maximum atomic E-state index is 12.6. The van der Waals surface area contributed by atoms with Crippen molar-refractivity contribution in [1.29, 1.82) is 5.26 Å². The van der Waals surface area contributed by atoms with Crippen LogP contribution in [-0.2, 0) is 11.4 Å². The van der Waals surface area contributed by atoms with Gasteiger partial charge in [0.1, 0.15) is 18.2 Å². The highest BCUT2D eigenvalue weighted by atomic mass is 79.9. The molecule has 0 heterocycles. The molecule has 0 bridgehead atoms. The van der Waals surface area contributed by atoms with Crippen molar-refractivity contribution in [3.8, 4) is 17.6 Å². The van der Waals surface area contributed by atoms with Gasteiger partial charge in [-0.1, -0.05) is 46.3 Å². The number of amides is 1. The Morgan fingerprint density at radius 2 is 1.85 bits per heavy atom. The predicted octanol–water partition coefficient (Wildman–Crippen LogP) is 5.88. The van der Waals surface area contributed by atoms with E-state index in [0.717, 1.165) is 0 Å². The molecule has 0 aliphatic rings. The zero-order valence-corrected chi connectivity index (χ0v) is 19.7. The van der Waals surface area contributed by atoms with E-state index in [0.29, 0.717) is 39.4 Å². The maximum absolute atomic E-state index is 12.6. The second-order valence-electron chi connectivity index (χ2n) is 6.96. The predicted molar refractivity (Wildman–Crippen MR) is 131 cm³/mol. The number of nitro groups is 1. The fraction of sp³-hybridized carbons (Fsp3) is 0.120. The van der Waals surface area contributed by atoms with E-state index in [1.807, 2.05) is 19.1 Å². The summed E-state index contributed by atoms with van der Waals surface area (Å²) in [6, 6.07) is 20.3. The lowest BCUT2D eigenvalue weighted by molar-refractivity contribution is -0.384. The van der Waals surface area contributed by atoms with Gasteiger partial charge in [0.05, 0.1) is 11.5 Å². The second-order valence-corrected chi connectivity index (χ2v) is 7.81. The molecule has 8 nitrogen and oxygen atoms in total. The van der Waals surface area contributed by atoms with Gasteiger partial charge in [-0.3, -0.25) is 14.9 Å². The summed E-state index contributed by atoms with van der Waals surface area (Å²) in [6.45, 7) is 2.26. The molecule has 0 aliphatic heterocycles. The zero-order valence-electron chi connectivity index (χ0n) is 18.2. The maximum Gasteiger partial charge on any atom is 0.269 e. The minimum Gasteiger partial charge on any atom is -0.490 e. The molecule has 0 unspecified atom stereocenters. The van der Waals surface area contributed by atoms with Gasteiger partial charge in [-0.05, 0) is 48.4 Å². The Balaban J connectivity index is 1.84. The first-order valence-electron chi connectivity index (χ1n) is 10.2. The molecule has 0 aliphatic carbocycles. The molecule has 0 radical (unpaired) electrons. The topological polar surface area (TPSA) is 114 Å². The van der Waals surface area contributed by atoms with Gasteiger partial charge in [-0.2, -0.15) is 5.26 Å². The lowest BCUT2D eigenvalue weighted by Crippen LogP contribution is -2.13. The molecule has 0 saturated heterocycles. The minimum atomic E-state index is -0.537. The van der Waals surface area contributed by atoms with Crippen molar-refractivity contribution in [3.05, 3.63) is 98.0 Å². The van der Waals surface area contributed by atoms with E-state index in [2.05, 4.69) is 21.2 Å². The number of carbonyl (C=O) groups excluding carboxylic acids is 1. The summed E-state index contributed by atoms with van der Waals surface area (Å²) in [5, 5.41) is 23.2. The van der Waals surface area contributed by atoms with Crippen molar-refractivity contribution >= 4 is 39.3 Å². The van der Waals surface area contributed by atoms with Gasteiger partial charge in [-0.25, -0.2) is 0 Å². The van der Waals surface area contributed by atoms with Crippen molar-refractivity contribution in [2.75, 3.05) is 11.9 Å². The summed E-state index contributed by atoms with van der Waals surface area (Å²) in [4.78, 5) is 23.1. The van der Waals surface area contributed by atoms with Crippen molar-refractivity contribution in [2.45, 2.75) is 13.5 Å². The van der Waals surface area contributed by atoms with Crippen molar-refractivity contribution < 1.29 is 19.2 Å². The molecule has 3 rings (SSSR count). The molecule has 172 valence electrons. The van der Waals surface area contributed by atoms with E-state index in [4.69, 9.17) is 9.47 Å². The fourth-order valence-corrected chi connectivity index (χ4v) is 3.42. The van der Waals surface area contributed by atoms with Crippen LogP contribution in [0, 0.1) is 21.4 Å². The number of hydrogen-bond acceptors (Lipinski definition) is 6. The Labute approximate surface area is 204 Å². The van der Waals surface area contributed by atoms with Crippen LogP contribution < -0.4 is 14.8 Å². The number of nitrogens with zero attached hydrogens (tertiary/aromatic N) is 2. The fourth-order valence-electron chi connectivity index (χ4n) is 2.99. The molecular formula is C25H20BrN3O5. The normalized spacial score (nSPS) is 10.8. The van der Waals surface area contributed by atoms with E-state index in [-0.39, 0.29) is 17.9 Å².